The first-order chi connectivity index (χ1) is 14.8. The summed E-state index contributed by atoms with van der Waals surface area (Å²) < 4.78 is 6.07. The molecule has 4 unspecified atom stereocenters. The van der Waals surface area contributed by atoms with E-state index in [-0.39, 0.29) is 40.9 Å². The normalized spacial score (nSPS) is 38.0. The Bertz CT molecular complexity index is 926. The zero-order valence-electron chi connectivity index (χ0n) is 17.8. The van der Waals surface area contributed by atoms with Gasteiger partial charge in [-0.2, -0.15) is 5.26 Å². The fraction of sp³-hybridized carbons (Fsp3) is 0.652. The average Bonchev–Trinajstić information content (AvgIpc) is 3.12. The molecule has 1 saturated heterocycles. The predicted molar refractivity (Wildman–Crippen MR) is 113 cm³/mol. The molecule has 4 aliphatic carbocycles. The lowest BCUT2D eigenvalue weighted by Crippen LogP contribution is -2.59. The lowest BCUT2D eigenvalue weighted by Gasteiger charge is -2.58. The minimum Gasteiger partial charge on any atom is -0.446 e. The van der Waals surface area contributed by atoms with Crippen molar-refractivity contribution in [2.24, 2.45) is 28.9 Å². The number of hydrogen-bond acceptors (Lipinski definition) is 6. The Hall–Kier alpha value is -2.82. The number of nitriles is 1. The number of likely N-dealkylation sites (tertiary alicyclic amines) is 1. The summed E-state index contributed by atoms with van der Waals surface area (Å²) in [6.45, 7) is 3.22. The van der Waals surface area contributed by atoms with Crippen LogP contribution in [0.25, 0.3) is 0 Å². The van der Waals surface area contributed by atoms with E-state index in [0.717, 1.165) is 38.5 Å². The van der Waals surface area contributed by atoms with Crippen molar-refractivity contribution in [1.29, 1.82) is 5.26 Å². The zero-order chi connectivity index (χ0) is 21.8. The van der Waals surface area contributed by atoms with Crippen molar-refractivity contribution in [2.45, 2.75) is 57.1 Å². The van der Waals surface area contributed by atoms with Gasteiger partial charge in [0.05, 0.1) is 16.5 Å². The molecule has 3 N–H and O–H groups in total. The van der Waals surface area contributed by atoms with Gasteiger partial charge in [0.15, 0.2) is 0 Å². The van der Waals surface area contributed by atoms with E-state index in [2.05, 4.69) is 23.3 Å². The minimum absolute atomic E-state index is 0.100. The smallest absolute Gasteiger partial charge is 0.410 e. The Morgan fingerprint density at radius 3 is 2.65 bits per heavy atom. The number of rotatable bonds is 4. The van der Waals surface area contributed by atoms with E-state index in [4.69, 9.17) is 15.7 Å². The van der Waals surface area contributed by atoms with E-state index in [1.807, 2.05) is 0 Å². The Balaban J connectivity index is 1.21. The van der Waals surface area contributed by atoms with E-state index in [0.29, 0.717) is 30.4 Å². The van der Waals surface area contributed by atoms with Gasteiger partial charge in [-0.25, -0.2) is 9.78 Å². The van der Waals surface area contributed by atoms with Crippen LogP contribution in [0.3, 0.4) is 0 Å². The highest BCUT2D eigenvalue weighted by Crippen LogP contribution is 2.60. The first-order valence-corrected chi connectivity index (χ1v) is 11.2. The van der Waals surface area contributed by atoms with Crippen LogP contribution in [-0.2, 0) is 9.53 Å². The van der Waals surface area contributed by atoms with Gasteiger partial charge in [-0.1, -0.05) is 0 Å². The van der Waals surface area contributed by atoms with Crippen molar-refractivity contribution in [3.8, 4) is 6.07 Å². The number of carbonyl (C=O) groups is 2. The summed E-state index contributed by atoms with van der Waals surface area (Å²) >= 11 is 0. The summed E-state index contributed by atoms with van der Waals surface area (Å²) in [6.07, 6.45) is 6.47. The van der Waals surface area contributed by atoms with Crippen molar-refractivity contribution in [1.82, 2.24) is 9.88 Å². The van der Waals surface area contributed by atoms with Gasteiger partial charge in [-0.3, -0.25) is 4.79 Å². The van der Waals surface area contributed by atoms with Crippen molar-refractivity contribution >= 4 is 17.8 Å². The number of anilines is 1. The number of primary amides is 1. The fourth-order valence-electron chi connectivity index (χ4n) is 6.72. The van der Waals surface area contributed by atoms with Gasteiger partial charge < -0.3 is 20.7 Å². The van der Waals surface area contributed by atoms with Crippen molar-refractivity contribution in [2.75, 3.05) is 18.4 Å². The molecule has 0 aromatic carbocycles. The van der Waals surface area contributed by atoms with Gasteiger partial charge in [-0.15, -0.1) is 0 Å². The van der Waals surface area contributed by atoms with Crippen LogP contribution >= 0.6 is 0 Å². The SMILES string of the molecule is CC1(Nc2ccc(C#N)cn2)CCN(C(=O)OC2C3CC4C[C@H]2C[C@@](C(N)=O)(C4)C3)C1. The monoisotopic (exact) mass is 423 g/mol. The standard InChI is InChI=1S/C23H29N5O3/c1-22(27-18-3-2-14(11-24)12-26-18)4-5-28(13-22)21(30)31-19-16-6-15-7-17(19)10-23(8-15,9-16)20(25)29/h2-3,12,15-17,19H,4-10,13H2,1H3,(H2,25,29)(H,26,27)/t15?,16-,17?,19?,22?,23-/m0/s1. The first-order valence-electron chi connectivity index (χ1n) is 11.2. The third-order valence-corrected chi connectivity index (χ3v) is 8.00. The summed E-state index contributed by atoms with van der Waals surface area (Å²) in [5, 5.41) is 12.3. The second kappa shape index (κ2) is 7.11. The molecule has 0 spiro atoms. The van der Waals surface area contributed by atoms with Crippen LogP contribution in [0.1, 0.15) is 51.0 Å². The maximum Gasteiger partial charge on any atom is 0.410 e. The molecular formula is C23H29N5O3. The van der Waals surface area contributed by atoms with Gasteiger partial charge in [-0.05, 0) is 75.3 Å². The molecule has 31 heavy (non-hydrogen) atoms. The molecule has 5 aliphatic rings. The number of nitrogens with one attached hydrogen (secondary N) is 1. The molecule has 1 aliphatic heterocycles. The van der Waals surface area contributed by atoms with Crippen LogP contribution in [-0.4, -0.2) is 46.6 Å². The van der Waals surface area contributed by atoms with E-state index < -0.39 is 0 Å². The lowest BCUT2D eigenvalue weighted by atomic mass is 9.48. The fourth-order valence-corrected chi connectivity index (χ4v) is 6.72. The number of hydrogen-bond donors (Lipinski definition) is 2. The Labute approximate surface area is 182 Å². The largest absolute Gasteiger partial charge is 0.446 e. The summed E-state index contributed by atoms with van der Waals surface area (Å²) in [5.41, 5.74) is 5.60. The van der Waals surface area contributed by atoms with E-state index in [9.17, 15) is 9.59 Å². The molecule has 2 heterocycles. The molecular weight excluding hydrogens is 394 g/mol. The molecule has 6 rings (SSSR count). The highest BCUT2D eigenvalue weighted by Gasteiger charge is 2.59. The minimum atomic E-state index is -0.371. The highest BCUT2D eigenvalue weighted by atomic mass is 16.6. The van der Waals surface area contributed by atoms with E-state index in [1.54, 1.807) is 17.0 Å². The lowest BCUT2D eigenvalue weighted by molar-refractivity contribution is -0.161. The zero-order valence-corrected chi connectivity index (χ0v) is 17.8. The molecule has 1 aromatic rings. The topological polar surface area (TPSA) is 121 Å². The van der Waals surface area contributed by atoms with Crippen LogP contribution < -0.4 is 11.1 Å². The third-order valence-electron chi connectivity index (χ3n) is 8.00. The number of pyridine rings is 1. The number of amides is 2. The Kier molecular flexibility index (Phi) is 4.61. The summed E-state index contributed by atoms with van der Waals surface area (Å²) in [5.74, 6) is 1.55. The molecule has 4 bridgehead atoms. The third kappa shape index (κ3) is 3.50. The van der Waals surface area contributed by atoms with Gasteiger partial charge in [0, 0.05) is 19.3 Å². The van der Waals surface area contributed by atoms with Gasteiger partial charge >= 0.3 is 6.09 Å². The van der Waals surface area contributed by atoms with Gasteiger partial charge in [0.2, 0.25) is 5.91 Å². The van der Waals surface area contributed by atoms with E-state index >= 15 is 0 Å². The maximum atomic E-state index is 13.0. The molecule has 5 fully saturated rings. The summed E-state index contributed by atoms with van der Waals surface area (Å²) in [7, 11) is 0. The second-order valence-electron chi connectivity index (χ2n) is 10.4. The van der Waals surface area contributed by atoms with Crippen LogP contribution in [0.2, 0.25) is 0 Å². The molecule has 8 heteroatoms. The van der Waals surface area contributed by atoms with Crippen molar-refractivity contribution in [3.63, 3.8) is 0 Å². The van der Waals surface area contributed by atoms with Gasteiger partial charge in [0.25, 0.3) is 0 Å². The maximum absolute atomic E-state index is 13.0. The van der Waals surface area contributed by atoms with Gasteiger partial charge in [0.1, 0.15) is 18.0 Å². The quantitative estimate of drug-likeness (QED) is 0.768. The molecule has 6 atom stereocenters. The Morgan fingerprint density at radius 1 is 1.29 bits per heavy atom. The summed E-state index contributed by atoms with van der Waals surface area (Å²) in [6, 6.07) is 5.58. The molecule has 1 aromatic heterocycles. The first kappa shape index (κ1) is 20.1. The van der Waals surface area contributed by atoms with Crippen LogP contribution in [0.4, 0.5) is 10.6 Å². The van der Waals surface area contributed by atoms with Crippen LogP contribution in [0.5, 0.6) is 0 Å². The van der Waals surface area contributed by atoms with E-state index in [1.165, 1.54) is 6.20 Å². The number of nitrogens with zero attached hydrogens (tertiary/aromatic N) is 3. The predicted octanol–water partition coefficient (Wildman–Crippen LogP) is 2.65. The molecule has 0 radical (unpaired) electrons. The average molecular weight is 424 g/mol. The number of aromatic nitrogens is 1. The summed E-state index contributed by atoms with van der Waals surface area (Å²) in [4.78, 5) is 31.2. The molecule has 4 saturated carbocycles. The van der Waals surface area contributed by atoms with Crippen molar-refractivity contribution < 1.29 is 14.3 Å². The number of ether oxygens (including phenoxy) is 1. The van der Waals surface area contributed by atoms with Crippen molar-refractivity contribution in [3.05, 3.63) is 23.9 Å². The Morgan fingerprint density at radius 2 is 2.03 bits per heavy atom. The van der Waals surface area contributed by atoms with Crippen LogP contribution in [0, 0.1) is 34.5 Å². The second-order valence-corrected chi connectivity index (χ2v) is 10.4. The molecule has 164 valence electrons. The van der Waals surface area contributed by atoms with Crippen LogP contribution in [0.15, 0.2) is 18.3 Å². The number of carbonyl (C=O) groups excluding carboxylic acids is 2. The highest BCUT2D eigenvalue weighted by molar-refractivity contribution is 5.81. The molecule has 2 amide bonds. The molecule has 8 nitrogen and oxygen atoms in total. The number of nitrogens with two attached hydrogens (primary N) is 1.